The van der Waals surface area contributed by atoms with Crippen LogP contribution in [0, 0.1) is 11.3 Å². The van der Waals surface area contributed by atoms with Crippen LogP contribution >= 0.6 is 0 Å². The molecule has 0 aliphatic carbocycles. The molecule has 2 aromatic carbocycles. The lowest BCUT2D eigenvalue weighted by Crippen LogP contribution is -1.99. The van der Waals surface area contributed by atoms with E-state index in [2.05, 4.69) is 34.6 Å². The minimum atomic E-state index is 0.695. The van der Waals surface area contributed by atoms with E-state index in [0.717, 1.165) is 16.8 Å². The third-order valence-electron chi connectivity index (χ3n) is 3.11. The van der Waals surface area contributed by atoms with E-state index in [-0.39, 0.29) is 0 Å². The molecule has 0 amide bonds. The number of hydrogen-bond acceptors (Lipinski definition) is 2. The first-order valence-electron chi connectivity index (χ1n) is 6.15. The molecule has 1 aromatic heterocycles. The van der Waals surface area contributed by atoms with Gasteiger partial charge in [0.2, 0.25) is 0 Å². The first-order chi connectivity index (χ1) is 9.35. The van der Waals surface area contributed by atoms with Crippen LogP contribution in [0.5, 0.6) is 0 Å². The van der Waals surface area contributed by atoms with Crippen LogP contribution < -0.4 is 5.32 Å². The molecular weight excluding hydrogens is 234 g/mol. The summed E-state index contributed by atoms with van der Waals surface area (Å²) in [6.07, 6.45) is 1.94. The highest BCUT2D eigenvalue weighted by molar-refractivity contribution is 5.82. The standard InChI is InChI=1S/C16H13N3/c17-10-12-2-1-3-13(8-12)11-19-15-4-5-16-14(9-15)6-7-18-16/h1-9,18-19H,11H2. The molecule has 0 saturated heterocycles. The summed E-state index contributed by atoms with van der Waals surface area (Å²) >= 11 is 0. The zero-order valence-electron chi connectivity index (χ0n) is 10.4. The second kappa shape index (κ2) is 4.87. The van der Waals surface area contributed by atoms with Gasteiger partial charge >= 0.3 is 0 Å². The topological polar surface area (TPSA) is 51.6 Å². The number of H-pyrrole nitrogens is 1. The number of aromatic amines is 1. The molecule has 92 valence electrons. The fourth-order valence-corrected chi connectivity index (χ4v) is 2.12. The largest absolute Gasteiger partial charge is 0.381 e. The maximum Gasteiger partial charge on any atom is 0.0991 e. The van der Waals surface area contributed by atoms with Crippen LogP contribution in [-0.4, -0.2) is 4.98 Å². The van der Waals surface area contributed by atoms with Gasteiger partial charge in [-0.3, -0.25) is 0 Å². The van der Waals surface area contributed by atoms with Gasteiger partial charge in [-0.25, -0.2) is 0 Å². The number of nitrogens with zero attached hydrogens (tertiary/aromatic N) is 1. The van der Waals surface area contributed by atoms with E-state index >= 15 is 0 Å². The predicted octanol–water partition coefficient (Wildman–Crippen LogP) is 3.65. The number of anilines is 1. The van der Waals surface area contributed by atoms with Crippen molar-refractivity contribution in [2.24, 2.45) is 0 Å². The molecule has 0 unspecified atom stereocenters. The highest BCUT2D eigenvalue weighted by Crippen LogP contribution is 2.18. The van der Waals surface area contributed by atoms with Crippen molar-refractivity contribution in [2.75, 3.05) is 5.32 Å². The number of nitrogens with one attached hydrogen (secondary N) is 2. The molecule has 2 N–H and O–H groups in total. The van der Waals surface area contributed by atoms with Crippen LogP contribution in [0.4, 0.5) is 5.69 Å². The van der Waals surface area contributed by atoms with Gasteiger partial charge in [0.1, 0.15) is 0 Å². The molecule has 0 saturated carbocycles. The van der Waals surface area contributed by atoms with Crippen molar-refractivity contribution in [1.29, 1.82) is 5.26 Å². The van der Waals surface area contributed by atoms with Crippen LogP contribution in [0.25, 0.3) is 10.9 Å². The minimum absolute atomic E-state index is 0.695. The molecule has 0 radical (unpaired) electrons. The Morgan fingerprint density at radius 3 is 2.95 bits per heavy atom. The lowest BCUT2D eigenvalue weighted by Gasteiger charge is -2.07. The van der Waals surface area contributed by atoms with Crippen LogP contribution in [-0.2, 0) is 6.54 Å². The lowest BCUT2D eigenvalue weighted by molar-refractivity contribution is 1.15. The second-order valence-corrected chi connectivity index (χ2v) is 4.45. The quantitative estimate of drug-likeness (QED) is 0.742. The van der Waals surface area contributed by atoms with Gasteiger partial charge in [0.25, 0.3) is 0 Å². The molecule has 1 heterocycles. The Hall–Kier alpha value is -2.73. The second-order valence-electron chi connectivity index (χ2n) is 4.45. The van der Waals surface area contributed by atoms with Crippen molar-refractivity contribution in [3.63, 3.8) is 0 Å². The highest BCUT2D eigenvalue weighted by Gasteiger charge is 1.98. The van der Waals surface area contributed by atoms with E-state index < -0.39 is 0 Å². The fourth-order valence-electron chi connectivity index (χ4n) is 2.12. The molecule has 0 aliphatic heterocycles. The van der Waals surface area contributed by atoms with Gasteiger partial charge in [-0.1, -0.05) is 12.1 Å². The Bertz CT molecular complexity index is 750. The predicted molar refractivity (Wildman–Crippen MR) is 76.8 cm³/mol. The van der Waals surface area contributed by atoms with Crippen LogP contribution in [0.15, 0.2) is 54.7 Å². The summed E-state index contributed by atoms with van der Waals surface area (Å²) < 4.78 is 0. The Balaban J connectivity index is 1.76. The van der Waals surface area contributed by atoms with E-state index in [0.29, 0.717) is 12.1 Å². The summed E-state index contributed by atoms with van der Waals surface area (Å²) in [6, 6.07) is 18.1. The monoisotopic (exact) mass is 247 g/mol. The van der Waals surface area contributed by atoms with Crippen LogP contribution in [0.2, 0.25) is 0 Å². The minimum Gasteiger partial charge on any atom is -0.381 e. The zero-order chi connectivity index (χ0) is 13.1. The molecule has 19 heavy (non-hydrogen) atoms. The molecule has 3 rings (SSSR count). The number of hydrogen-bond donors (Lipinski definition) is 2. The SMILES string of the molecule is N#Cc1cccc(CNc2ccc3[nH]ccc3c2)c1. The summed E-state index contributed by atoms with van der Waals surface area (Å²) in [7, 11) is 0. The summed E-state index contributed by atoms with van der Waals surface area (Å²) in [5, 5.41) is 13.4. The van der Waals surface area contributed by atoms with Gasteiger partial charge in [-0.15, -0.1) is 0 Å². The number of benzene rings is 2. The summed E-state index contributed by atoms with van der Waals surface area (Å²) in [5.41, 5.74) is 4.01. The molecule has 0 aliphatic rings. The third-order valence-corrected chi connectivity index (χ3v) is 3.11. The normalized spacial score (nSPS) is 10.3. The number of rotatable bonds is 3. The molecule has 0 fully saturated rings. The van der Waals surface area contributed by atoms with E-state index in [1.54, 1.807) is 0 Å². The molecule has 3 aromatic rings. The highest BCUT2D eigenvalue weighted by atomic mass is 14.9. The summed E-state index contributed by atoms with van der Waals surface area (Å²) in [4.78, 5) is 3.17. The van der Waals surface area contributed by atoms with Crippen LogP contribution in [0.1, 0.15) is 11.1 Å². The Kier molecular flexibility index (Phi) is 2.91. The zero-order valence-corrected chi connectivity index (χ0v) is 10.4. The van der Waals surface area contributed by atoms with Gasteiger partial charge in [0, 0.05) is 29.3 Å². The molecule has 3 heteroatoms. The van der Waals surface area contributed by atoms with Gasteiger partial charge in [-0.2, -0.15) is 5.26 Å². The van der Waals surface area contributed by atoms with E-state index in [1.165, 1.54) is 5.39 Å². The fraction of sp³-hybridized carbons (Fsp3) is 0.0625. The molecule has 3 nitrogen and oxygen atoms in total. The average Bonchev–Trinajstić information content (AvgIpc) is 2.93. The van der Waals surface area contributed by atoms with Crippen molar-refractivity contribution in [3.05, 3.63) is 65.9 Å². The van der Waals surface area contributed by atoms with Gasteiger partial charge in [-0.05, 0) is 42.0 Å². The van der Waals surface area contributed by atoms with Crippen molar-refractivity contribution in [2.45, 2.75) is 6.54 Å². The van der Waals surface area contributed by atoms with Crippen molar-refractivity contribution in [3.8, 4) is 6.07 Å². The molecular formula is C16H13N3. The number of fused-ring (bicyclic) bond motifs is 1. The third kappa shape index (κ3) is 2.43. The first-order valence-corrected chi connectivity index (χ1v) is 6.15. The maximum absolute atomic E-state index is 8.87. The first kappa shape index (κ1) is 11.4. The Morgan fingerprint density at radius 2 is 2.05 bits per heavy atom. The van der Waals surface area contributed by atoms with Gasteiger partial charge in [0.05, 0.1) is 11.6 Å². The van der Waals surface area contributed by atoms with Crippen molar-refractivity contribution in [1.82, 2.24) is 4.98 Å². The Morgan fingerprint density at radius 1 is 1.11 bits per heavy atom. The average molecular weight is 247 g/mol. The van der Waals surface area contributed by atoms with Crippen molar-refractivity contribution >= 4 is 16.6 Å². The van der Waals surface area contributed by atoms with Gasteiger partial charge < -0.3 is 10.3 Å². The number of nitriles is 1. The molecule has 0 spiro atoms. The van der Waals surface area contributed by atoms with E-state index in [9.17, 15) is 0 Å². The van der Waals surface area contributed by atoms with Crippen LogP contribution in [0.3, 0.4) is 0 Å². The maximum atomic E-state index is 8.87. The molecule has 0 bridgehead atoms. The Labute approximate surface area is 111 Å². The van der Waals surface area contributed by atoms with E-state index in [4.69, 9.17) is 5.26 Å². The number of aromatic nitrogens is 1. The molecule has 0 atom stereocenters. The lowest BCUT2D eigenvalue weighted by atomic mass is 10.1. The van der Waals surface area contributed by atoms with Crippen molar-refractivity contribution < 1.29 is 0 Å². The van der Waals surface area contributed by atoms with Gasteiger partial charge in [0.15, 0.2) is 0 Å². The summed E-state index contributed by atoms with van der Waals surface area (Å²) in [5.74, 6) is 0. The smallest absolute Gasteiger partial charge is 0.0991 e. The summed E-state index contributed by atoms with van der Waals surface area (Å²) in [6.45, 7) is 0.714. The van der Waals surface area contributed by atoms with E-state index in [1.807, 2.05) is 36.5 Å².